The zero-order valence-corrected chi connectivity index (χ0v) is 10.6. The SMILES string of the molecule is Cc1cnn(CC(=O)Nc2c(F)c(F)c(F)c(F)c2F)c1. The Kier molecular flexibility index (Phi) is 3.92. The van der Waals surface area contributed by atoms with Crippen LogP contribution >= 0.6 is 0 Å². The Morgan fingerprint density at radius 3 is 2.10 bits per heavy atom. The number of halogens is 5. The van der Waals surface area contributed by atoms with Crippen LogP contribution in [0.15, 0.2) is 12.4 Å². The highest BCUT2D eigenvalue weighted by atomic mass is 19.2. The molecular weight excluding hydrogens is 297 g/mol. The number of hydrogen-bond acceptors (Lipinski definition) is 2. The van der Waals surface area contributed by atoms with Gasteiger partial charge in [-0.15, -0.1) is 0 Å². The van der Waals surface area contributed by atoms with Gasteiger partial charge in [-0.05, 0) is 12.5 Å². The summed E-state index contributed by atoms with van der Waals surface area (Å²) in [6.07, 6.45) is 2.91. The summed E-state index contributed by atoms with van der Waals surface area (Å²) in [5, 5.41) is 5.40. The lowest BCUT2D eigenvalue weighted by molar-refractivity contribution is -0.117. The molecule has 1 aromatic carbocycles. The van der Waals surface area contributed by atoms with Crippen molar-refractivity contribution in [1.82, 2.24) is 9.78 Å². The zero-order valence-electron chi connectivity index (χ0n) is 10.6. The number of nitrogens with one attached hydrogen (secondary N) is 1. The van der Waals surface area contributed by atoms with Crippen LogP contribution in [0.3, 0.4) is 0 Å². The number of aryl methyl sites for hydroxylation is 1. The zero-order chi connectivity index (χ0) is 15.7. The molecule has 0 aliphatic rings. The summed E-state index contributed by atoms with van der Waals surface area (Å²) in [6.45, 7) is 1.26. The Bertz CT molecular complexity index is 684. The minimum atomic E-state index is -2.29. The Morgan fingerprint density at radius 2 is 1.62 bits per heavy atom. The second-order valence-electron chi connectivity index (χ2n) is 4.21. The molecular formula is C12H8F5N3O. The van der Waals surface area contributed by atoms with E-state index in [4.69, 9.17) is 0 Å². The Balaban J connectivity index is 2.25. The summed E-state index contributed by atoms with van der Waals surface area (Å²) in [7, 11) is 0. The van der Waals surface area contributed by atoms with Gasteiger partial charge in [-0.1, -0.05) is 0 Å². The van der Waals surface area contributed by atoms with Gasteiger partial charge in [-0.2, -0.15) is 5.10 Å². The van der Waals surface area contributed by atoms with Crippen molar-refractivity contribution in [2.75, 3.05) is 5.32 Å². The Hall–Kier alpha value is -2.45. The number of hydrogen-bond donors (Lipinski definition) is 1. The lowest BCUT2D eigenvalue weighted by Gasteiger charge is -2.09. The van der Waals surface area contributed by atoms with Gasteiger partial charge in [0.1, 0.15) is 12.2 Å². The highest BCUT2D eigenvalue weighted by molar-refractivity contribution is 5.90. The normalized spacial score (nSPS) is 10.8. The predicted octanol–water partition coefficient (Wildman–Crippen LogP) is 2.53. The predicted molar refractivity (Wildman–Crippen MR) is 61.8 cm³/mol. The van der Waals surface area contributed by atoms with E-state index in [9.17, 15) is 26.7 Å². The number of rotatable bonds is 3. The van der Waals surface area contributed by atoms with E-state index in [-0.39, 0.29) is 0 Å². The third kappa shape index (κ3) is 2.86. The summed E-state index contributed by atoms with van der Waals surface area (Å²) in [6, 6.07) is 0. The Labute approximate surface area is 115 Å². The first kappa shape index (κ1) is 14.9. The van der Waals surface area contributed by atoms with Crippen LogP contribution < -0.4 is 5.32 Å². The van der Waals surface area contributed by atoms with Gasteiger partial charge in [0.15, 0.2) is 23.3 Å². The molecule has 1 amide bonds. The first-order chi connectivity index (χ1) is 9.81. The number of benzene rings is 1. The average Bonchev–Trinajstić information content (AvgIpc) is 2.84. The van der Waals surface area contributed by atoms with E-state index >= 15 is 0 Å². The molecule has 0 spiro atoms. The monoisotopic (exact) mass is 305 g/mol. The maximum Gasteiger partial charge on any atom is 0.246 e. The highest BCUT2D eigenvalue weighted by Gasteiger charge is 2.26. The molecule has 0 atom stereocenters. The minimum Gasteiger partial charge on any atom is -0.319 e. The van der Waals surface area contributed by atoms with Gasteiger partial charge < -0.3 is 5.32 Å². The van der Waals surface area contributed by atoms with E-state index in [0.717, 1.165) is 10.2 Å². The van der Waals surface area contributed by atoms with Crippen molar-refractivity contribution in [3.63, 3.8) is 0 Å². The van der Waals surface area contributed by atoms with E-state index in [1.807, 2.05) is 0 Å². The van der Waals surface area contributed by atoms with Crippen molar-refractivity contribution in [3.05, 3.63) is 47.0 Å². The number of anilines is 1. The highest BCUT2D eigenvalue weighted by Crippen LogP contribution is 2.27. The topological polar surface area (TPSA) is 46.9 Å². The van der Waals surface area contributed by atoms with Crippen LogP contribution in [0.4, 0.5) is 27.6 Å². The minimum absolute atomic E-state index is 0.437. The quantitative estimate of drug-likeness (QED) is 0.538. The van der Waals surface area contributed by atoms with Gasteiger partial charge in [0.2, 0.25) is 11.7 Å². The van der Waals surface area contributed by atoms with Crippen LogP contribution in [0.2, 0.25) is 0 Å². The number of nitrogens with zero attached hydrogens (tertiary/aromatic N) is 2. The number of amides is 1. The van der Waals surface area contributed by atoms with Crippen LogP contribution in [-0.2, 0) is 11.3 Å². The first-order valence-electron chi connectivity index (χ1n) is 5.61. The van der Waals surface area contributed by atoms with E-state index < -0.39 is 47.2 Å². The maximum atomic E-state index is 13.3. The molecule has 0 saturated carbocycles. The van der Waals surface area contributed by atoms with Crippen molar-refractivity contribution in [2.24, 2.45) is 0 Å². The molecule has 9 heteroatoms. The first-order valence-corrected chi connectivity index (χ1v) is 5.61. The fourth-order valence-corrected chi connectivity index (χ4v) is 1.59. The van der Waals surface area contributed by atoms with Gasteiger partial charge in [0.25, 0.3) is 0 Å². The van der Waals surface area contributed by atoms with E-state index in [1.54, 1.807) is 12.2 Å². The third-order valence-corrected chi connectivity index (χ3v) is 2.54. The second kappa shape index (κ2) is 5.51. The molecule has 2 rings (SSSR count). The van der Waals surface area contributed by atoms with E-state index in [2.05, 4.69) is 5.10 Å². The standard InChI is InChI=1S/C12H8F5N3O/c1-5-2-18-20(3-5)4-6(21)19-12-10(16)8(14)7(13)9(15)11(12)17/h2-3H,4H2,1H3,(H,19,21). The largest absolute Gasteiger partial charge is 0.319 e. The van der Waals surface area contributed by atoms with Gasteiger partial charge in [-0.25, -0.2) is 22.0 Å². The third-order valence-electron chi connectivity index (χ3n) is 2.54. The smallest absolute Gasteiger partial charge is 0.246 e. The molecule has 4 nitrogen and oxygen atoms in total. The van der Waals surface area contributed by atoms with E-state index in [1.165, 1.54) is 12.4 Å². The summed E-state index contributed by atoms with van der Waals surface area (Å²) in [5.41, 5.74) is -0.653. The van der Waals surface area contributed by atoms with Crippen LogP contribution in [0.1, 0.15) is 5.56 Å². The molecule has 0 aliphatic carbocycles. The summed E-state index contributed by atoms with van der Waals surface area (Å²) < 4.78 is 66.6. The lowest BCUT2D eigenvalue weighted by Crippen LogP contribution is -2.21. The molecule has 0 radical (unpaired) electrons. The van der Waals surface area contributed by atoms with Crippen LogP contribution in [-0.4, -0.2) is 15.7 Å². The van der Waals surface area contributed by atoms with Crippen molar-refractivity contribution in [3.8, 4) is 0 Å². The van der Waals surface area contributed by atoms with Crippen molar-refractivity contribution >= 4 is 11.6 Å². The summed E-state index contributed by atoms with van der Waals surface area (Å²) >= 11 is 0. The molecule has 1 aromatic heterocycles. The van der Waals surface area contributed by atoms with Crippen molar-refractivity contribution in [2.45, 2.75) is 13.5 Å². The second-order valence-corrected chi connectivity index (χ2v) is 4.21. The van der Waals surface area contributed by atoms with Gasteiger partial charge in [0, 0.05) is 6.20 Å². The number of aromatic nitrogens is 2. The van der Waals surface area contributed by atoms with Gasteiger partial charge in [-0.3, -0.25) is 9.48 Å². The fourth-order valence-electron chi connectivity index (χ4n) is 1.59. The number of carbonyl (C=O) groups excluding carboxylic acids is 1. The summed E-state index contributed by atoms with van der Waals surface area (Å²) in [5.74, 6) is -11.7. The van der Waals surface area contributed by atoms with Crippen LogP contribution in [0.5, 0.6) is 0 Å². The van der Waals surface area contributed by atoms with Crippen molar-refractivity contribution < 1.29 is 26.7 Å². The average molecular weight is 305 g/mol. The molecule has 2 aromatic rings. The molecule has 112 valence electrons. The molecule has 0 fully saturated rings. The van der Waals surface area contributed by atoms with Gasteiger partial charge in [0.05, 0.1) is 6.20 Å². The molecule has 0 saturated heterocycles. The fraction of sp³-hybridized carbons (Fsp3) is 0.167. The van der Waals surface area contributed by atoms with Crippen LogP contribution in [0.25, 0.3) is 0 Å². The molecule has 21 heavy (non-hydrogen) atoms. The van der Waals surface area contributed by atoms with Gasteiger partial charge >= 0.3 is 0 Å². The Morgan fingerprint density at radius 1 is 1.10 bits per heavy atom. The van der Waals surface area contributed by atoms with Crippen LogP contribution in [0, 0.1) is 36.0 Å². The number of carbonyl (C=O) groups is 1. The van der Waals surface area contributed by atoms with E-state index in [0.29, 0.717) is 0 Å². The molecule has 0 bridgehead atoms. The maximum absolute atomic E-state index is 13.3. The molecule has 0 aliphatic heterocycles. The lowest BCUT2D eigenvalue weighted by atomic mass is 10.2. The molecule has 1 N–H and O–H groups in total. The van der Waals surface area contributed by atoms with Crippen molar-refractivity contribution in [1.29, 1.82) is 0 Å². The summed E-state index contributed by atoms with van der Waals surface area (Å²) in [4.78, 5) is 11.6. The molecule has 1 heterocycles. The molecule has 0 unspecified atom stereocenters.